The average molecular weight is 245 g/mol. The maximum Gasteiger partial charge on any atom is 0.417 e. The smallest absolute Gasteiger partial charge is 0.351 e. The van der Waals surface area contributed by atoms with Crippen LogP contribution in [0, 0.1) is 0 Å². The van der Waals surface area contributed by atoms with E-state index in [1.807, 2.05) is 11.8 Å². The highest BCUT2D eigenvalue weighted by molar-refractivity contribution is 5.41. The van der Waals surface area contributed by atoms with E-state index in [1.165, 1.54) is 6.07 Å². The lowest BCUT2D eigenvalue weighted by Crippen LogP contribution is -2.50. The highest BCUT2D eigenvalue weighted by atomic mass is 19.4. The predicted molar refractivity (Wildman–Crippen MR) is 58.9 cm³/mol. The van der Waals surface area contributed by atoms with Crippen molar-refractivity contribution in [3.05, 3.63) is 23.9 Å². The Kier molecular flexibility index (Phi) is 3.24. The van der Waals surface area contributed by atoms with Gasteiger partial charge in [-0.2, -0.15) is 13.2 Å². The number of pyridine rings is 1. The SMILES string of the molecule is CC1CNCCN1c1ccc(C(F)(F)F)cn1. The van der Waals surface area contributed by atoms with Gasteiger partial charge in [-0.15, -0.1) is 0 Å². The van der Waals surface area contributed by atoms with Crippen molar-refractivity contribution >= 4 is 5.82 Å². The molecule has 1 fully saturated rings. The van der Waals surface area contributed by atoms with E-state index in [2.05, 4.69) is 10.3 Å². The molecule has 1 aliphatic heterocycles. The van der Waals surface area contributed by atoms with E-state index >= 15 is 0 Å². The van der Waals surface area contributed by atoms with Crippen molar-refractivity contribution in [3.63, 3.8) is 0 Å². The van der Waals surface area contributed by atoms with Crippen molar-refractivity contribution in [1.29, 1.82) is 0 Å². The molecule has 1 saturated heterocycles. The van der Waals surface area contributed by atoms with Crippen LogP contribution in [0.3, 0.4) is 0 Å². The summed E-state index contributed by atoms with van der Waals surface area (Å²) in [4.78, 5) is 5.91. The van der Waals surface area contributed by atoms with Crippen molar-refractivity contribution < 1.29 is 13.2 Å². The number of nitrogens with one attached hydrogen (secondary N) is 1. The Labute approximate surface area is 97.6 Å². The van der Waals surface area contributed by atoms with Crippen LogP contribution in [0.25, 0.3) is 0 Å². The van der Waals surface area contributed by atoms with Crippen LogP contribution >= 0.6 is 0 Å². The molecular weight excluding hydrogens is 231 g/mol. The Morgan fingerprint density at radius 2 is 2.18 bits per heavy atom. The first kappa shape index (κ1) is 12.2. The number of alkyl halides is 3. The van der Waals surface area contributed by atoms with E-state index in [1.54, 1.807) is 0 Å². The highest BCUT2D eigenvalue weighted by Gasteiger charge is 2.31. The van der Waals surface area contributed by atoms with Gasteiger partial charge in [-0.25, -0.2) is 4.98 Å². The Morgan fingerprint density at radius 3 is 2.71 bits per heavy atom. The molecule has 1 aliphatic rings. The number of halogens is 3. The summed E-state index contributed by atoms with van der Waals surface area (Å²) in [7, 11) is 0. The van der Waals surface area contributed by atoms with E-state index in [0.29, 0.717) is 5.82 Å². The fraction of sp³-hybridized carbons (Fsp3) is 0.545. The van der Waals surface area contributed by atoms with Gasteiger partial charge in [0.05, 0.1) is 5.56 Å². The van der Waals surface area contributed by atoms with Gasteiger partial charge in [0.1, 0.15) is 5.82 Å². The molecule has 17 heavy (non-hydrogen) atoms. The number of piperazine rings is 1. The van der Waals surface area contributed by atoms with Crippen LogP contribution in [0.4, 0.5) is 19.0 Å². The van der Waals surface area contributed by atoms with Gasteiger partial charge in [-0.05, 0) is 19.1 Å². The molecular formula is C11H14F3N3. The van der Waals surface area contributed by atoms with Crippen molar-refractivity contribution in [2.24, 2.45) is 0 Å². The molecule has 2 heterocycles. The maximum atomic E-state index is 12.4. The molecule has 6 heteroatoms. The van der Waals surface area contributed by atoms with Gasteiger partial charge >= 0.3 is 6.18 Å². The third-order valence-electron chi connectivity index (χ3n) is 2.87. The molecule has 3 nitrogen and oxygen atoms in total. The van der Waals surface area contributed by atoms with E-state index < -0.39 is 11.7 Å². The summed E-state index contributed by atoms with van der Waals surface area (Å²) in [5.74, 6) is 0.604. The summed E-state index contributed by atoms with van der Waals surface area (Å²) < 4.78 is 37.1. The predicted octanol–water partition coefficient (Wildman–Crippen LogP) is 1.90. The molecule has 0 aliphatic carbocycles. The molecule has 0 bridgehead atoms. The normalized spacial score (nSPS) is 21.6. The quantitative estimate of drug-likeness (QED) is 0.819. The second-order valence-corrected chi connectivity index (χ2v) is 4.15. The minimum atomic E-state index is -4.32. The number of aromatic nitrogens is 1. The first-order valence-electron chi connectivity index (χ1n) is 5.49. The van der Waals surface area contributed by atoms with Gasteiger partial charge < -0.3 is 10.2 Å². The number of anilines is 1. The largest absolute Gasteiger partial charge is 0.417 e. The summed E-state index contributed by atoms with van der Waals surface area (Å²) >= 11 is 0. The lowest BCUT2D eigenvalue weighted by Gasteiger charge is -2.34. The molecule has 0 amide bonds. The molecule has 1 aromatic heterocycles. The molecule has 1 atom stereocenters. The molecule has 0 saturated carbocycles. The fourth-order valence-corrected chi connectivity index (χ4v) is 1.91. The van der Waals surface area contributed by atoms with Gasteiger partial charge in [0.15, 0.2) is 0 Å². The molecule has 94 valence electrons. The van der Waals surface area contributed by atoms with Crippen LogP contribution in [0.15, 0.2) is 18.3 Å². The minimum absolute atomic E-state index is 0.244. The standard InChI is InChI=1S/C11H14F3N3/c1-8-6-15-4-5-17(8)10-3-2-9(7-16-10)11(12,13)14/h2-3,7-8,15H,4-6H2,1H3. The van der Waals surface area contributed by atoms with Crippen LogP contribution < -0.4 is 10.2 Å². The Morgan fingerprint density at radius 1 is 1.41 bits per heavy atom. The van der Waals surface area contributed by atoms with Crippen LogP contribution in [-0.4, -0.2) is 30.7 Å². The van der Waals surface area contributed by atoms with Crippen molar-refractivity contribution in [1.82, 2.24) is 10.3 Å². The second kappa shape index (κ2) is 4.52. The van der Waals surface area contributed by atoms with Gasteiger partial charge in [0.25, 0.3) is 0 Å². The fourth-order valence-electron chi connectivity index (χ4n) is 1.91. The zero-order chi connectivity index (χ0) is 12.5. The first-order valence-corrected chi connectivity index (χ1v) is 5.49. The second-order valence-electron chi connectivity index (χ2n) is 4.15. The lowest BCUT2D eigenvalue weighted by atomic mass is 10.2. The number of rotatable bonds is 1. The Balaban J connectivity index is 2.17. The lowest BCUT2D eigenvalue weighted by molar-refractivity contribution is -0.137. The summed E-state index contributed by atoms with van der Waals surface area (Å²) in [5.41, 5.74) is -0.705. The zero-order valence-corrected chi connectivity index (χ0v) is 9.46. The zero-order valence-electron chi connectivity index (χ0n) is 9.46. The van der Waals surface area contributed by atoms with Crippen LogP contribution in [0.2, 0.25) is 0 Å². The van der Waals surface area contributed by atoms with Crippen molar-refractivity contribution in [2.45, 2.75) is 19.1 Å². The number of hydrogen-bond acceptors (Lipinski definition) is 3. The van der Waals surface area contributed by atoms with Crippen molar-refractivity contribution in [2.75, 3.05) is 24.5 Å². The minimum Gasteiger partial charge on any atom is -0.351 e. The third-order valence-corrected chi connectivity index (χ3v) is 2.87. The van der Waals surface area contributed by atoms with Gasteiger partial charge in [0.2, 0.25) is 0 Å². The van der Waals surface area contributed by atoms with E-state index in [9.17, 15) is 13.2 Å². The molecule has 1 N–H and O–H groups in total. The van der Waals surface area contributed by atoms with Crippen LogP contribution in [-0.2, 0) is 6.18 Å². The monoisotopic (exact) mass is 245 g/mol. The van der Waals surface area contributed by atoms with Gasteiger partial charge in [0, 0.05) is 31.9 Å². The third kappa shape index (κ3) is 2.69. The summed E-state index contributed by atoms with van der Waals surface area (Å²) in [5, 5.41) is 3.22. The summed E-state index contributed by atoms with van der Waals surface area (Å²) in [6, 6.07) is 2.76. The van der Waals surface area contributed by atoms with Gasteiger partial charge in [-0.1, -0.05) is 0 Å². The maximum absolute atomic E-state index is 12.4. The molecule has 1 unspecified atom stereocenters. The first-order chi connectivity index (χ1) is 7.98. The number of hydrogen-bond donors (Lipinski definition) is 1. The molecule has 0 aromatic carbocycles. The topological polar surface area (TPSA) is 28.2 Å². The Bertz CT molecular complexity index is 375. The molecule has 0 radical (unpaired) electrons. The summed E-state index contributed by atoms with van der Waals surface area (Å²) in [6.07, 6.45) is -3.43. The van der Waals surface area contributed by atoms with Crippen molar-refractivity contribution in [3.8, 4) is 0 Å². The Hall–Kier alpha value is -1.30. The van der Waals surface area contributed by atoms with Crippen LogP contribution in [0.5, 0.6) is 0 Å². The van der Waals surface area contributed by atoms with E-state index in [-0.39, 0.29) is 6.04 Å². The van der Waals surface area contributed by atoms with Crippen LogP contribution in [0.1, 0.15) is 12.5 Å². The van der Waals surface area contributed by atoms with E-state index in [4.69, 9.17) is 0 Å². The van der Waals surface area contributed by atoms with E-state index in [0.717, 1.165) is 31.9 Å². The number of nitrogens with zero attached hydrogens (tertiary/aromatic N) is 2. The molecule has 1 aromatic rings. The molecule has 2 rings (SSSR count). The van der Waals surface area contributed by atoms with Gasteiger partial charge in [-0.3, -0.25) is 0 Å². The highest BCUT2D eigenvalue weighted by Crippen LogP contribution is 2.29. The average Bonchev–Trinajstić information content (AvgIpc) is 2.29. The summed E-state index contributed by atoms with van der Waals surface area (Å²) in [6.45, 7) is 4.43. The molecule has 0 spiro atoms.